The number of halogens is 5. The lowest BCUT2D eigenvalue weighted by molar-refractivity contribution is -0.141. The topological polar surface area (TPSA) is 12.9 Å². The first-order valence-electron chi connectivity index (χ1n) is 7.61. The predicted molar refractivity (Wildman–Crippen MR) is 81.8 cm³/mol. The number of rotatable bonds is 4. The molecule has 0 fully saturated rings. The van der Waals surface area contributed by atoms with Gasteiger partial charge in [0.1, 0.15) is 17.3 Å². The van der Waals surface area contributed by atoms with E-state index in [2.05, 4.69) is 4.98 Å². The fourth-order valence-corrected chi connectivity index (χ4v) is 2.53. The van der Waals surface area contributed by atoms with Gasteiger partial charge < -0.3 is 0 Å². The van der Waals surface area contributed by atoms with Crippen LogP contribution in [0.2, 0.25) is 0 Å². The molecule has 1 nitrogen and oxygen atoms in total. The van der Waals surface area contributed by atoms with E-state index in [4.69, 9.17) is 0 Å². The second kappa shape index (κ2) is 6.87. The summed E-state index contributed by atoms with van der Waals surface area (Å²) in [6.07, 6.45) is -4.39. The SMILES string of the molecule is CC(C)c1cc(CC(C)c2cccc(C(F)(F)F)n2)c(F)cc1F. The molecular formula is C18H18F5N. The average molecular weight is 343 g/mol. The van der Waals surface area contributed by atoms with Crippen LogP contribution in [0.15, 0.2) is 30.3 Å². The fourth-order valence-electron chi connectivity index (χ4n) is 2.53. The van der Waals surface area contributed by atoms with Gasteiger partial charge in [0.25, 0.3) is 0 Å². The van der Waals surface area contributed by atoms with Crippen molar-refractivity contribution in [2.45, 2.75) is 45.2 Å². The smallest absolute Gasteiger partial charge is 0.248 e. The van der Waals surface area contributed by atoms with Crippen molar-refractivity contribution < 1.29 is 22.0 Å². The van der Waals surface area contributed by atoms with E-state index in [9.17, 15) is 22.0 Å². The molecule has 0 spiro atoms. The third kappa shape index (κ3) is 4.10. The Kier molecular flexibility index (Phi) is 5.26. The standard InChI is InChI=1S/C18H18F5N/c1-10(2)13-8-12(14(19)9-15(13)20)7-11(3)16-5-4-6-17(24-16)18(21,22)23/h4-6,8-11H,7H2,1-3H3. The van der Waals surface area contributed by atoms with Crippen LogP contribution in [0.3, 0.4) is 0 Å². The van der Waals surface area contributed by atoms with Crippen LogP contribution in [-0.2, 0) is 12.6 Å². The molecule has 0 radical (unpaired) electrons. The van der Waals surface area contributed by atoms with Crippen LogP contribution in [0.5, 0.6) is 0 Å². The molecule has 24 heavy (non-hydrogen) atoms. The molecule has 0 saturated heterocycles. The highest BCUT2D eigenvalue weighted by atomic mass is 19.4. The summed E-state index contributed by atoms with van der Waals surface area (Å²) in [6.45, 7) is 5.25. The Balaban J connectivity index is 2.30. The van der Waals surface area contributed by atoms with Gasteiger partial charge in [-0.25, -0.2) is 13.8 Å². The van der Waals surface area contributed by atoms with Crippen molar-refractivity contribution in [1.29, 1.82) is 0 Å². The number of pyridine rings is 1. The van der Waals surface area contributed by atoms with Crippen molar-refractivity contribution in [3.8, 4) is 0 Å². The van der Waals surface area contributed by atoms with E-state index in [1.54, 1.807) is 20.8 Å². The van der Waals surface area contributed by atoms with E-state index in [1.165, 1.54) is 18.2 Å². The van der Waals surface area contributed by atoms with Crippen LogP contribution in [0.25, 0.3) is 0 Å². The molecule has 0 aliphatic rings. The first-order chi connectivity index (χ1) is 11.1. The molecule has 0 aliphatic heterocycles. The molecule has 130 valence electrons. The minimum Gasteiger partial charge on any atom is -0.248 e. The van der Waals surface area contributed by atoms with Crippen LogP contribution in [0.4, 0.5) is 22.0 Å². The number of nitrogens with zero attached hydrogens (tertiary/aromatic N) is 1. The molecular weight excluding hydrogens is 325 g/mol. The average Bonchev–Trinajstić information content (AvgIpc) is 2.48. The molecule has 1 unspecified atom stereocenters. The van der Waals surface area contributed by atoms with Gasteiger partial charge in [0.2, 0.25) is 0 Å². The van der Waals surface area contributed by atoms with Crippen LogP contribution in [0, 0.1) is 11.6 Å². The highest BCUT2D eigenvalue weighted by Gasteiger charge is 2.32. The monoisotopic (exact) mass is 343 g/mol. The van der Waals surface area contributed by atoms with Crippen molar-refractivity contribution in [2.75, 3.05) is 0 Å². The van der Waals surface area contributed by atoms with Gasteiger partial charge in [-0.05, 0) is 41.7 Å². The number of alkyl halides is 3. The Labute approximate surface area is 137 Å². The van der Waals surface area contributed by atoms with Crippen molar-refractivity contribution >= 4 is 0 Å². The molecule has 1 atom stereocenters. The molecule has 0 aliphatic carbocycles. The van der Waals surface area contributed by atoms with Crippen molar-refractivity contribution in [3.05, 3.63) is 64.5 Å². The van der Waals surface area contributed by atoms with E-state index >= 15 is 0 Å². The molecule has 2 rings (SSSR count). The summed E-state index contributed by atoms with van der Waals surface area (Å²) in [7, 11) is 0. The third-order valence-electron chi connectivity index (χ3n) is 3.88. The molecule has 0 N–H and O–H groups in total. The van der Waals surface area contributed by atoms with E-state index in [1.807, 2.05) is 0 Å². The quantitative estimate of drug-likeness (QED) is 0.635. The van der Waals surface area contributed by atoms with Crippen molar-refractivity contribution in [3.63, 3.8) is 0 Å². The molecule has 1 aromatic carbocycles. The van der Waals surface area contributed by atoms with E-state index in [0.29, 0.717) is 5.56 Å². The minimum absolute atomic E-state index is 0.119. The fraction of sp³-hybridized carbons (Fsp3) is 0.389. The van der Waals surface area contributed by atoms with Crippen LogP contribution >= 0.6 is 0 Å². The van der Waals surface area contributed by atoms with Gasteiger partial charge in [-0.3, -0.25) is 0 Å². The molecule has 1 aromatic heterocycles. The Morgan fingerprint density at radius 2 is 1.67 bits per heavy atom. The van der Waals surface area contributed by atoms with Gasteiger partial charge in [0.15, 0.2) is 0 Å². The first kappa shape index (κ1) is 18.4. The number of hydrogen-bond donors (Lipinski definition) is 0. The largest absolute Gasteiger partial charge is 0.433 e. The zero-order valence-electron chi connectivity index (χ0n) is 13.6. The van der Waals surface area contributed by atoms with E-state index in [-0.39, 0.29) is 23.6 Å². The molecule has 2 aromatic rings. The second-order valence-electron chi connectivity index (χ2n) is 6.17. The van der Waals surface area contributed by atoms with Crippen LogP contribution in [0.1, 0.15) is 55.1 Å². The van der Waals surface area contributed by atoms with Crippen molar-refractivity contribution in [2.24, 2.45) is 0 Å². The Hall–Kier alpha value is -1.98. The van der Waals surface area contributed by atoms with Crippen molar-refractivity contribution in [1.82, 2.24) is 4.98 Å². The maximum atomic E-state index is 14.0. The first-order valence-corrected chi connectivity index (χ1v) is 7.61. The Bertz CT molecular complexity index is 722. The maximum absolute atomic E-state index is 14.0. The molecule has 6 heteroatoms. The molecule has 0 amide bonds. The van der Waals surface area contributed by atoms with Gasteiger partial charge in [-0.15, -0.1) is 0 Å². The lowest BCUT2D eigenvalue weighted by atomic mass is 9.93. The number of benzene rings is 1. The highest BCUT2D eigenvalue weighted by Crippen LogP contribution is 2.30. The highest BCUT2D eigenvalue weighted by molar-refractivity contribution is 5.30. The third-order valence-corrected chi connectivity index (χ3v) is 3.88. The summed E-state index contributed by atoms with van der Waals surface area (Å²) < 4.78 is 66.0. The summed E-state index contributed by atoms with van der Waals surface area (Å²) in [5.41, 5.74) is -0.101. The molecule has 0 bridgehead atoms. The van der Waals surface area contributed by atoms with E-state index < -0.39 is 29.4 Å². The van der Waals surface area contributed by atoms with E-state index in [0.717, 1.165) is 12.1 Å². The number of aromatic nitrogens is 1. The summed E-state index contributed by atoms with van der Waals surface area (Å²) in [5, 5.41) is 0. The van der Waals surface area contributed by atoms with Crippen LogP contribution in [-0.4, -0.2) is 4.98 Å². The van der Waals surface area contributed by atoms with Gasteiger partial charge in [0, 0.05) is 17.7 Å². The van der Waals surface area contributed by atoms with Gasteiger partial charge in [0.05, 0.1) is 0 Å². The summed E-state index contributed by atoms with van der Waals surface area (Å²) in [6, 6.07) is 5.93. The summed E-state index contributed by atoms with van der Waals surface area (Å²) in [4.78, 5) is 3.62. The predicted octanol–water partition coefficient (Wildman–Crippen LogP) is 5.85. The molecule has 1 heterocycles. The second-order valence-corrected chi connectivity index (χ2v) is 6.17. The summed E-state index contributed by atoms with van der Waals surface area (Å²) in [5.74, 6) is -1.87. The Morgan fingerprint density at radius 3 is 2.25 bits per heavy atom. The summed E-state index contributed by atoms with van der Waals surface area (Å²) >= 11 is 0. The number of hydrogen-bond acceptors (Lipinski definition) is 1. The lowest BCUT2D eigenvalue weighted by Crippen LogP contribution is -2.11. The van der Waals surface area contributed by atoms with Gasteiger partial charge in [-0.1, -0.05) is 26.8 Å². The minimum atomic E-state index is -4.53. The van der Waals surface area contributed by atoms with Gasteiger partial charge >= 0.3 is 6.18 Å². The normalized spacial score (nSPS) is 13.4. The molecule has 0 saturated carbocycles. The maximum Gasteiger partial charge on any atom is 0.433 e. The van der Waals surface area contributed by atoms with Gasteiger partial charge in [-0.2, -0.15) is 13.2 Å². The lowest BCUT2D eigenvalue weighted by Gasteiger charge is -2.16. The zero-order valence-corrected chi connectivity index (χ0v) is 13.6. The Morgan fingerprint density at radius 1 is 1.00 bits per heavy atom. The van der Waals surface area contributed by atoms with Crippen LogP contribution < -0.4 is 0 Å². The zero-order chi connectivity index (χ0) is 18.1.